The first kappa shape index (κ1) is 17.9. The molecule has 118 valence electrons. The maximum atomic E-state index is 13.5. The second-order valence-electron chi connectivity index (χ2n) is 5.37. The molecule has 1 aliphatic rings. The molecule has 2 rings (SSSR count). The van der Waals surface area contributed by atoms with Crippen LogP contribution in [0.1, 0.15) is 31.2 Å². The van der Waals surface area contributed by atoms with E-state index >= 15 is 0 Å². The molecule has 21 heavy (non-hydrogen) atoms. The minimum atomic E-state index is -0.681. The van der Waals surface area contributed by atoms with E-state index in [0.29, 0.717) is 12.5 Å². The minimum absolute atomic E-state index is 0. The summed E-state index contributed by atoms with van der Waals surface area (Å²) in [5.74, 6) is -1.26. The van der Waals surface area contributed by atoms with Crippen LogP contribution in [-0.4, -0.2) is 18.5 Å². The summed E-state index contributed by atoms with van der Waals surface area (Å²) in [5, 5.41) is 2.93. The lowest BCUT2D eigenvalue weighted by atomic mass is 9.84. The lowest BCUT2D eigenvalue weighted by Gasteiger charge is -2.31. The molecule has 1 amide bonds. The fourth-order valence-electron chi connectivity index (χ4n) is 2.78. The van der Waals surface area contributed by atoms with Gasteiger partial charge in [0.1, 0.15) is 11.6 Å². The van der Waals surface area contributed by atoms with Crippen LogP contribution in [0.15, 0.2) is 18.2 Å². The van der Waals surface area contributed by atoms with E-state index in [9.17, 15) is 13.6 Å². The third kappa shape index (κ3) is 4.93. The zero-order chi connectivity index (χ0) is 14.5. The van der Waals surface area contributed by atoms with Gasteiger partial charge in [0.2, 0.25) is 5.91 Å². The highest BCUT2D eigenvalue weighted by atomic mass is 35.5. The van der Waals surface area contributed by atoms with Crippen molar-refractivity contribution in [3.05, 3.63) is 35.4 Å². The molecule has 2 unspecified atom stereocenters. The Morgan fingerprint density at radius 2 is 2.00 bits per heavy atom. The van der Waals surface area contributed by atoms with Gasteiger partial charge in [-0.05, 0) is 36.9 Å². The SMILES string of the molecule is Cl.NCC1CCCCC1NC(=O)Cc1ccc(F)cc1F. The number of nitrogens with two attached hydrogens (primary N) is 1. The highest BCUT2D eigenvalue weighted by molar-refractivity contribution is 5.85. The van der Waals surface area contributed by atoms with Crippen LogP contribution in [0.4, 0.5) is 8.78 Å². The molecule has 0 bridgehead atoms. The largest absolute Gasteiger partial charge is 0.353 e. The normalized spacial score (nSPS) is 21.5. The smallest absolute Gasteiger partial charge is 0.224 e. The summed E-state index contributed by atoms with van der Waals surface area (Å²) in [7, 11) is 0. The van der Waals surface area contributed by atoms with Gasteiger partial charge in [0, 0.05) is 12.1 Å². The quantitative estimate of drug-likeness (QED) is 0.896. The van der Waals surface area contributed by atoms with Crippen LogP contribution in [0, 0.1) is 17.6 Å². The van der Waals surface area contributed by atoms with Gasteiger partial charge in [0.15, 0.2) is 0 Å². The van der Waals surface area contributed by atoms with E-state index in [1.807, 2.05) is 0 Å². The number of carbonyl (C=O) groups is 1. The fourth-order valence-corrected chi connectivity index (χ4v) is 2.78. The molecule has 0 radical (unpaired) electrons. The summed E-state index contributed by atoms with van der Waals surface area (Å²) < 4.78 is 26.3. The zero-order valence-corrected chi connectivity index (χ0v) is 12.6. The summed E-state index contributed by atoms with van der Waals surface area (Å²) in [6.45, 7) is 0.551. The van der Waals surface area contributed by atoms with E-state index in [1.54, 1.807) is 0 Å². The van der Waals surface area contributed by atoms with Crippen LogP contribution in [0.3, 0.4) is 0 Å². The molecular formula is C15H21ClF2N2O. The molecule has 0 heterocycles. The molecular weight excluding hydrogens is 298 g/mol. The Morgan fingerprint density at radius 3 is 2.67 bits per heavy atom. The van der Waals surface area contributed by atoms with Crippen molar-refractivity contribution in [3.63, 3.8) is 0 Å². The molecule has 3 N–H and O–H groups in total. The van der Waals surface area contributed by atoms with Gasteiger partial charge in [0.25, 0.3) is 0 Å². The highest BCUT2D eigenvalue weighted by Crippen LogP contribution is 2.23. The van der Waals surface area contributed by atoms with E-state index in [2.05, 4.69) is 5.32 Å². The molecule has 0 aliphatic heterocycles. The highest BCUT2D eigenvalue weighted by Gasteiger charge is 2.25. The van der Waals surface area contributed by atoms with Gasteiger partial charge in [-0.1, -0.05) is 18.9 Å². The second kappa shape index (κ2) is 8.29. The van der Waals surface area contributed by atoms with Gasteiger partial charge in [-0.15, -0.1) is 12.4 Å². The van der Waals surface area contributed by atoms with Crippen LogP contribution < -0.4 is 11.1 Å². The number of benzene rings is 1. The maximum absolute atomic E-state index is 13.5. The Hall–Kier alpha value is -1.20. The standard InChI is InChI=1S/C15H20F2N2O.ClH/c16-12-6-5-10(13(17)8-12)7-15(20)19-14-4-2-1-3-11(14)9-18;/h5-6,8,11,14H,1-4,7,9,18H2,(H,19,20);1H. The maximum Gasteiger partial charge on any atom is 0.224 e. The molecule has 2 atom stereocenters. The summed E-state index contributed by atoms with van der Waals surface area (Å²) in [6, 6.07) is 3.34. The summed E-state index contributed by atoms with van der Waals surface area (Å²) in [6.07, 6.45) is 4.08. The summed E-state index contributed by atoms with van der Waals surface area (Å²) in [4.78, 5) is 12.0. The molecule has 0 aromatic heterocycles. The second-order valence-corrected chi connectivity index (χ2v) is 5.37. The van der Waals surface area contributed by atoms with Crippen molar-refractivity contribution in [2.45, 2.75) is 38.1 Å². The van der Waals surface area contributed by atoms with E-state index < -0.39 is 11.6 Å². The van der Waals surface area contributed by atoms with Gasteiger partial charge >= 0.3 is 0 Å². The summed E-state index contributed by atoms with van der Waals surface area (Å²) in [5.41, 5.74) is 5.92. The lowest BCUT2D eigenvalue weighted by Crippen LogP contribution is -2.45. The van der Waals surface area contributed by atoms with E-state index in [0.717, 1.165) is 37.8 Å². The first-order chi connectivity index (χ1) is 9.60. The molecule has 3 nitrogen and oxygen atoms in total. The van der Waals surface area contributed by atoms with Gasteiger partial charge in [-0.25, -0.2) is 8.78 Å². The van der Waals surface area contributed by atoms with Crippen LogP contribution in [0.2, 0.25) is 0 Å². The number of nitrogens with one attached hydrogen (secondary N) is 1. The minimum Gasteiger partial charge on any atom is -0.353 e. The molecule has 0 saturated heterocycles. The van der Waals surface area contributed by atoms with Crippen molar-refractivity contribution in [3.8, 4) is 0 Å². The number of rotatable bonds is 4. The molecule has 1 saturated carbocycles. The van der Waals surface area contributed by atoms with Crippen molar-refractivity contribution in [1.29, 1.82) is 0 Å². The summed E-state index contributed by atoms with van der Waals surface area (Å²) >= 11 is 0. The van der Waals surface area contributed by atoms with Gasteiger partial charge in [-0.2, -0.15) is 0 Å². The van der Waals surface area contributed by atoms with Crippen LogP contribution in [0.25, 0.3) is 0 Å². The van der Waals surface area contributed by atoms with Crippen molar-refractivity contribution < 1.29 is 13.6 Å². The molecule has 1 fully saturated rings. The first-order valence-electron chi connectivity index (χ1n) is 7.03. The van der Waals surface area contributed by atoms with Crippen molar-refractivity contribution in [2.24, 2.45) is 11.7 Å². The predicted molar refractivity (Wildman–Crippen MR) is 80.3 cm³/mol. The van der Waals surface area contributed by atoms with Gasteiger partial charge in [-0.3, -0.25) is 4.79 Å². The monoisotopic (exact) mass is 318 g/mol. The number of hydrogen-bond acceptors (Lipinski definition) is 2. The first-order valence-corrected chi connectivity index (χ1v) is 7.03. The average Bonchev–Trinajstić information content (AvgIpc) is 2.42. The predicted octanol–water partition coefficient (Wildman–Crippen LogP) is 2.56. The van der Waals surface area contributed by atoms with Crippen LogP contribution >= 0.6 is 12.4 Å². The Labute approximate surface area is 129 Å². The van der Waals surface area contributed by atoms with Crippen molar-refractivity contribution in [2.75, 3.05) is 6.54 Å². The molecule has 1 aromatic carbocycles. The molecule has 1 aliphatic carbocycles. The van der Waals surface area contributed by atoms with Crippen molar-refractivity contribution >= 4 is 18.3 Å². The van der Waals surface area contributed by atoms with Crippen molar-refractivity contribution in [1.82, 2.24) is 5.32 Å². The number of carbonyl (C=O) groups excluding carboxylic acids is 1. The average molecular weight is 319 g/mol. The molecule has 0 spiro atoms. The fraction of sp³-hybridized carbons (Fsp3) is 0.533. The number of amides is 1. The van der Waals surface area contributed by atoms with E-state index in [4.69, 9.17) is 5.73 Å². The Morgan fingerprint density at radius 1 is 1.29 bits per heavy atom. The Bertz CT molecular complexity index is 485. The van der Waals surface area contributed by atoms with E-state index in [1.165, 1.54) is 6.07 Å². The molecule has 6 heteroatoms. The molecule has 1 aromatic rings. The van der Waals surface area contributed by atoms with Crippen LogP contribution in [-0.2, 0) is 11.2 Å². The number of hydrogen-bond donors (Lipinski definition) is 2. The lowest BCUT2D eigenvalue weighted by molar-refractivity contribution is -0.121. The Kier molecular flexibility index (Phi) is 7.05. The third-order valence-electron chi connectivity index (χ3n) is 3.92. The topological polar surface area (TPSA) is 55.1 Å². The number of halogens is 3. The van der Waals surface area contributed by atoms with E-state index in [-0.39, 0.29) is 36.3 Å². The van der Waals surface area contributed by atoms with Crippen LogP contribution in [0.5, 0.6) is 0 Å². The Balaban J connectivity index is 0.00000220. The zero-order valence-electron chi connectivity index (χ0n) is 11.8. The van der Waals surface area contributed by atoms with Gasteiger partial charge < -0.3 is 11.1 Å². The van der Waals surface area contributed by atoms with Gasteiger partial charge in [0.05, 0.1) is 6.42 Å². The third-order valence-corrected chi connectivity index (χ3v) is 3.92.